The lowest BCUT2D eigenvalue weighted by Gasteiger charge is -2.08. The van der Waals surface area contributed by atoms with Gasteiger partial charge in [-0.25, -0.2) is 0 Å². The Labute approximate surface area is 84.8 Å². The van der Waals surface area contributed by atoms with Crippen LogP contribution in [0.4, 0.5) is 0 Å². The zero-order valence-electron chi connectivity index (χ0n) is 7.79. The molecule has 0 unspecified atom stereocenters. The van der Waals surface area contributed by atoms with Gasteiger partial charge in [0.1, 0.15) is 0 Å². The summed E-state index contributed by atoms with van der Waals surface area (Å²) >= 11 is 3.99. The molecular formula is C11H14OS. The molecule has 1 rings (SSSR count). The van der Waals surface area contributed by atoms with Crippen molar-refractivity contribution in [2.75, 3.05) is 5.94 Å². The Bertz CT molecular complexity index is 294. The maximum absolute atomic E-state index is 5.23. The number of thiol groups is 1. The van der Waals surface area contributed by atoms with Gasteiger partial charge in [0.2, 0.25) is 0 Å². The number of hydrogen-bond donors (Lipinski definition) is 1. The molecule has 0 amide bonds. The van der Waals surface area contributed by atoms with Crippen LogP contribution >= 0.6 is 12.6 Å². The highest BCUT2D eigenvalue weighted by atomic mass is 32.1. The van der Waals surface area contributed by atoms with Crippen molar-refractivity contribution in [2.45, 2.75) is 13.5 Å². The van der Waals surface area contributed by atoms with Gasteiger partial charge in [-0.05, 0) is 18.1 Å². The second-order valence-corrected chi connectivity index (χ2v) is 3.17. The number of rotatable bonds is 4. The average molecular weight is 194 g/mol. The Kier molecular flexibility index (Phi) is 4.06. The van der Waals surface area contributed by atoms with Gasteiger partial charge in [-0.1, -0.05) is 36.4 Å². The van der Waals surface area contributed by atoms with E-state index >= 15 is 0 Å². The van der Waals surface area contributed by atoms with Crippen molar-refractivity contribution in [3.05, 3.63) is 42.0 Å². The molecule has 0 aliphatic heterocycles. The maximum Gasteiger partial charge on any atom is 0.0897 e. The molecule has 0 saturated carbocycles. The predicted molar refractivity (Wildman–Crippen MR) is 59.8 cm³/mol. The zero-order chi connectivity index (χ0) is 9.68. The second kappa shape index (κ2) is 5.10. The van der Waals surface area contributed by atoms with Crippen LogP contribution in [0.25, 0.3) is 5.57 Å². The summed E-state index contributed by atoms with van der Waals surface area (Å²) in [7, 11) is 0. The van der Waals surface area contributed by atoms with Gasteiger partial charge in [0.25, 0.3) is 0 Å². The standard InChI is InChI=1S/C11H14OS/c1-9(2)11-6-4-3-5-10(11)7-12-8-13/h3-6,13H,1,7-8H2,2H3. The van der Waals surface area contributed by atoms with Crippen LogP contribution in [0.2, 0.25) is 0 Å². The van der Waals surface area contributed by atoms with Crippen LogP contribution < -0.4 is 0 Å². The lowest BCUT2D eigenvalue weighted by atomic mass is 10.0. The smallest absolute Gasteiger partial charge is 0.0897 e. The molecule has 0 spiro atoms. The van der Waals surface area contributed by atoms with E-state index in [1.54, 1.807) is 0 Å². The summed E-state index contributed by atoms with van der Waals surface area (Å²) in [6.07, 6.45) is 0. The third-order valence-corrected chi connectivity index (χ3v) is 2.01. The highest BCUT2D eigenvalue weighted by Gasteiger charge is 2.00. The molecule has 1 aromatic rings. The van der Waals surface area contributed by atoms with Crippen molar-refractivity contribution in [3.63, 3.8) is 0 Å². The van der Waals surface area contributed by atoms with Gasteiger partial charge in [-0.2, -0.15) is 12.6 Å². The lowest BCUT2D eigenvalue weighted by Crippen LogP contribution is -1.94. The van der Waals surface area contributed by atoms with E-state index in [1.165, 1.54) is 11.1 Å². The maximum atomic E-state index is 5.23. The van der Waals surface area contributed by atoms with Crippen molar-refractivity contribution >= 4 is 18.2 Å². The van der Waals surface area contributed by atoms with E-state index in [4.69, 9.17) is 4.74 Å². The van der Waals surface area contributed by atoms with E-state index in [9.17, 15) is 0 Å². The van der Waals surface area contributed by atoms with Gasteiger partial charge in [0.05, 0.1) is 12.5 Å². The Hall–Kier alpha value is -0.730. The molecule has 0 atom stereocenters. The minimum absolute atomic E-state index is 0.449. The van der Waals surface area contributed by atoms with Crippen LogP contribution in [0.3, 0.4) is 0 Å². The van der Waals surface area contributed by atoms with E-state index in [0.717, 1.165) is 5.57 Å². The fraction of sp³-hybridized carbons (Fsp3) is 0.273. The summed E-state index contributed by atoms with van der Waals surface area (Å²) in [5, 5.41) is 0. The monoisotopic (exact) mass is 194 g/mol. The van der Waals surface area contributed by atoms with Crippen LogP contribution in [0.5, 0.6) is 0 Å². The molecule has 0 bridgehead atoms. The first kappa shape index (κ1) is 10.4. The Morgan fingerprint density at radius 2 is 2.15 bits per heavy atom. The first-order valence-corrected chi connectivity index (χ1v) is 4.81. The second-order valence-electron chi connectivity index (χ2n) is 2.92. The minimum atomic E-state index is 0.449. The quantitative estimate of drug-likeness (QED) is 0.572. The summed E-state index contributed by atoms with van der Waals surface area (Å²) < 4.78 is 5.23. The molecule has 70 valence electrons. The van der Waals surface area contributed by atoms with Crippen LogP contribution in [0.15, 0.2) is 30.8 Å². The number of hydrogen-bond acceptors (Lipinski definition) is 2. The summed E-state index contributed by atoms with van der Waals surface area (Å²) in [4.78, 5) is 0. The van der Waals surface area contributed by atoms with Crippen molar-refractivity contribution in [1.82, 2.24) is 0 Å². The molecular weight excluding hydrogens is 180 g/mol. The number of ether oxygens (including phenoxy) is 1. The topological polar surface area (TPSA) is 9.23 Å². The largest absolute Gasteiger partial charge is 0.366 e. The molecule has 0 radical (unpaired) electrons. The van der Waals surface area contributed by atoms with Crippen molar-refractivity contribution in [3.8, 4) is 0 Å². The fourth-order valence-corrected chi connectivity index (χ4v) is 1.31. The van der Waals surface area contributed by atoms with E-state index in [0.29, 0.717) is 12.5 Å². The third-order valence-electron chi connectivity index (χ3n) is 1.83. The Morgan fingerprint density at radius 1 is 1.46 bits per heavy atom. The third kappa shape index (κ3) is 2.90. The number of allylic oxidation sites excluding steroid dienone is 1. The SMILES string of the molecule is C=C(C)c1ccccc1COCS. The van der Waals surface area contributed by atoms with E-state index in [-0.39, 0.29) is 0 Å². The summed E-state index contributed by atoms with van der Waals surface area (Å²) in [6.45, 7) is 6.52. The first-order valence-electron chi connectivity index (χ1n) is 4.18. The van der Waals surface area contributed by atoms with Crippen molar-refractivity contribution < 1.29 is 4.74 Å². The molecule has 0 aliphatic carbocycles. The molecule has 0 N–H and O–H groups in total. The molecule has 0 aliphatic rings. The lowest BCUT2D eigenvalue weighted by molar-refractivity contribution is 0.170. The van der Waals surface area contributed by atoms with Gasteiger partial charge < -0.3 is 4.74 Å². The fourth-order valence-electron chi connectivity index (χ4n) is 1.22. The van der Waals surface area contributed by atoms with Crippen LogP contribution in [0, 0.1) is 0 Å². The highest BCUT2D eigenvalue weighted by Crippen LogP contribution is 2.17. The molecule has 0 heterocycles. The van der Waals surface area contributed by atoms with Gasteiger partial charge in [0, 0.05) is 0 Å². The first-order chi connectivity index (χ1) is 6.25. The summed E-state index contributed by atoms with van der Waals surface area (Å²) in [5.74, 6) is 0.449. The molecule has 0 aromatic heterocycles. The van der Waals surface area contributed by atoms with E-state index < -0.39 is 0 Å². The van der Waals surface area contributed by atoms with Gasteiger partial charge >= 0.3 is 0 Å². The highest BCUT2D eigenvalue weighted by molar-refractivity contribution is 7.80. The number of benzene rings is 1. The Morgan fingerprint density at radius 3 is 2.77 bits per heavy atom. The molecule has 13 heavy (non-hydrogen) atoms. The van der Waals surface area contributed by atoms with Crippen molar-refractivity contribution in [2.24, 2.45) is 0 Å². The minimum Gasteiger partial charge on any atom is -0.366 e. The molecule has 0 saturated heterocycles. The van der Waals surface area contributed by atoms with E-state index in [1.807, 2.05) is 25.1 Å². The van der Waals surface area contributed by atoms with Gasteiger partial charge in [0.15, 0.2) is 0 Å². The van der Waals surface area contributed by atoms with Gasteiger partial charge in [-0.3, -0.25) is 0 Å². The molecule has 0 fully saturated rings. The van der Waals surface area contributed by atoms with Gasteiger partial charge in [-0.15, -0.1) is 0 Å². The predicted octanol–water partition coefficient (Wildman–Crippen LogP) is 3.12. The summed E-state index contributed by atoms with van der Waals surface area (Å²) in [6, 6.07) is 8.12. The van der Waals surface area contributed by atoms with Crippen LogP contribution in [0.1, 0.15) is 18.1 Å². The van der Waals surface area contributed by atoms with E-state index in [2.05, 4.69) is 25.3 Å². The van der Waals surface area contributed by atoms with Crippen molar-refractivity contribution in [1.29, 1.82) is 0 Å². The van der Waals surface area contributed by atoms with Crippen LogP contribution in [-0.2, 0) is 11.3 Å². The molecule has 1 aromatic carbocycles. The summed E-state index contributed by atoms with van der Waals surface area (Å²) in [5.41, 5.74) is 3.41. The zero-order valence-corrected chi connectivity index (χ0v) is 8.68. The molecule has 1 nitrogen and oxygen atoms in total. The molecule has 2 heteroatoms. The Balaban J connectivity index is 2.84. The normalized spacial score (nSPS) is 10.0. The van der Waals surface area contributed by atoms with Crippen LogP contribution in [-0.4, -0.2) is 5.94 Å². The average Bonchev–Trinajstić information content (AvgIpc) is 2.15.